The first-order chi connectivity index (χ1) is 9.45. The Labute approximate surface area is 116 Å². The Morgan fingerprint density at radius 3 is 2.40 bits per heavy atom. The molecule has 6 heteroatoms. The first kappa shape index (κ1) is 15.3. The lowest BCUT2D eigenvalue weighted by atomic mass is 9.96. The van der Waals surface area contributed by atoms with Crippen LogP contribution in [0.15, 0.2) is 12.1 Å². The maximum atomic E-state index is 13.4. The lowest BCUT2D eigenvalue weighted by molar-refractivity contribution is -0.0791. The number of benzene rings is 1. The van der Waals surface area contributed by atoms with Gasteiger partial charge in [0.05, 0.1) is 18.8 Å². The molecule has 0 saturated carbocycles. The van der Waals surface area contributed by atoms with Gasteiger partial charge in [-0.3, -0.25) is 4.90 Å². The number of nitrogens with zero attached hydrogens (tertiary/aromatic N) is 1. The number of hydrogen-bond acceptors (Lipinski definition) is 3. The Balaban J connectivity index is 2.43. The second kappa shape index (κ2) is 6.11. The molecule has 0 bridgehead atoms. The number of halogens is 3. The van der Waals surface area contributed by atoms with Gasteiger partial charge in [-0.25, -0.2) is 13.2 Å². The molecular weight excluding hydrogens is 269 g/mol. The molecule has 0 spiro atoms. The third kappa shape index (κ3) is 2.82. The van der Waals surface area contributed by atoms with Crippen molar-refractivity contribution in [3.05, 3.63) is 35.1 Å². The molecule has 2 N–H and O–H groups in total. The van der Waals surface area contributed by atoms with Gasteiger partial charge in [0.2, 0.25) is 0 Å². The van der Waals surface area contributed by atoms with E-state index in [1.165, 1.54) is 0 Å². The standard InChI is InChI=1S/C14H19F3N2O/c1-8(2)19-3-4-20-12(7-18)14(19)9-5-10(15)13(17)11(16)6-9/h5-6,8,12,14H,3-4,7,18H2,1-2H3. The molecule has 20 heavy (non-hydrogen) atoms. The first-order valence-electron chi connectivity index (χ1n) is 6.67. The van der Waals surface area contributed by atoms with Gasteiger partial charge >= 0.3 is 0 Å². The van der Waals surface area contributed by atoms with Crippen LogP contribution in [0.25, 0.3) is 0 Å². The smallest absolute Gasteiger partial charge is 0.194 e. The third-order valence-electron chi connectivity index (χ3n) is 3.63. The molecule has 1 aliphatic heterocycles. The molecule has 0 amide bonds. The second-order valence-electron chi connectivity index (χ2n) is 5.22. The van der Waals surface area contributed by atoms with E-state index in [0.717, 1.165) is 12.1 Å². The van der Waals surface area contributed by atoms with Gasteiger partial charge in [0.1, 0.15) is 0 Å². The van der Waals surface area contributed by atoms with Gasteiger partial charge in [-0.15, -0.1) is 0 Å². The van der Waals surface area contributed by atoms with Crippen molar-refractivity contribution in [1.29, 1.82) is 0 Å². The molecule has 2 unspecified atom stereocenters. The minimum Gasteiger partial charge on any atom is -0.374 e. The van der Waals surface area contributed by atoms with Crippen LogP contribution in [-0.4, -0.2) is 36.7 Å². The van der Waals surface area contributed by atoms with Gasteiger partial charge in [0.25, 0.3) is 0 Å². The first-order valence-corrected chi connectivity index (χ1v) is 6.67. The predicted octanol–water partition coefficient (Wildman–Crippen LogP) is 2.21. The van der Waals surface area contributed by atoms with E-state index in [1.807, 2.05) is 13.8 Å². The third-order valence-corrected chi connectivity index (χ3v) is 3.63. The zero-order chi connectivity index (χ0) is 14.9. The van der Waals surface area contributed by atoms with Crippen LogP contribution >= 0.6 is 0 Å². The van der Waals surface area contributed by atoms with E-state index in [-0.39, 0.29) is 24.7 Å². The van der Waals surface area contributed by atoms with Gasteiger partial charge in [-0.2, -0.15) is 0 Å². The van der Waals surface area contributed by atoms with Crippen LogP contribution in [0.1, 0.15) is 25.5 Å². The molecule has 1 heterocycles. The normalized spacial score (nSPS) is 24.4. The summed E-state index contributed by atoms with van der Waals surface area (Å²) < 4.78 is 45.6. The fourth-order valence-electron chi connectivity index (χ4n) is 2.68. The molecule has 0 radical (unpaired) electrons. The Morgan fingerprint density at radius 1 is 1.30 bits per heavy atom. The minimum absolute atomic E-state index is 0.161. The van der Waals surface area contributed by atoms with E-state index in [0.29, 0.717) is 18.7 Å². The summed E-state index contributed by atoms with van der Waals surface area (Å²) in [4.78, 5) is 2.06. The Bertz CT molecular complexity index is 458. The van der Waals surface area contributed by atoms with Crippen molar-refractivity contribution in [3.8, 4) is 0 Å². The summed E-state index contributed by atoms with van der Waals surface area (Å²) in [5.41, 5.74) is 6.04. The fourth-order valence-corrected chi connectivity index (χ4v) is 2.68. The second-order valence-corrected chi connectivity index (χ2v) is 5.22. The maximum Gasteiger partial charge on any atom is 0.194 e. The minimum atomic E-state index is -1.45. The van der Waals surface area contributed by atoms with Crippen molar-refractivity contribution >= 4 is 0 Å². The van der Waals surface area contributed by atoms with Crippen LogP contribution < -0.4 is 5.73 Å². The van der Waals surface area contributed by atoms with Crippen LogP contribution in [-0.2, 0) is 4.74 Å². The van der Waals surface area contributed by atoms with Crippen LogP contribution in [0.4, 0.5) is 13.2 Å². The van der Waals surface area contributed by atoms with Crippen LogP contribution in [0.2, 0.25) is 0 Å². The highest BCUT2D eigenvalue weighted by atomic mass is 19.2. The van der Waals surface area contributed by atoms with E-state index < -0.39 is 17.5 Å². The Morgan fingerprint density at radius 2 is 1.90 bits per heavy atom. The average Bonchev–Trinajstić information content (AvgIpc) is 2.43. The molecule has 1 fully saturated rings. The SMILES string of the molecule is CC(C)N1CCOC(CN)C1c1cc(F)c(F)c(F)c1. The number of ether oxygens (including phenoxy) is 1. The van der Waals surface area contributed by atoms with E-state index in [9.17, 15) is 13.2 Å². The summed E-state index contributed by atoms with van der Waals surface area (Å²) in [6.07, 6.45) is -0.365. The van der Waals surface area contributed by atoms with Crippen LogP contribution in [0, 0.1) is 17.5 Å². The van der Waals surface area contributed by atoms with Crippen LogP contribution in [0.5, 0.6) is 0 Å². The van der Waals surface area contributed by atoms with Crippen molar-refractivity contribution in [2.24, 2.45) is 5.73 Å². The van der Waals surface area contributed by atoms with Crippen molar-refractivity contribution in [1.82, 2.24) is 4.90 Å². The highest BCUT2D eigenvalue weighted by Gasteiger charge is 2.35. The van der Waals surface area contributed by atoms with E-state index in [1.54, 1.807) is 0 Å². The van der Waals surface area contributed by atoms with Crippen molar-refractivity contribution in [2.75, 3.05) is 19.7 Å². The fraction of sp³-hybridized carbons (Fsp3) is 0.571. The average molecular weight is 288 g/mol. The quantitative estimate of drug-likeness (QED) is 0.867. The summed E-state index contributed by atoms with van der Waals surface area (Å²) in [6.45, 7) is 5.36. The number of rotatable bonds is 3. The maximum absolute atomic E-state index is 13.4. The Kier molecular flexibility index (Phi) is 4.67. The van der Waals surface area contributed by atoms with Gasteiger partial charge in [-0.05, 0) is 31.5 Å². The van der Waals surface area contributed by atoms with Crippen molar-refractivity contribution in [2.45, 2.75) is 32.0 Å². The van der Waals surface area contributed by atoms with Gasteiger partial charge in [0, 0.05) is 19.1 Å². The predicted molar refractivity (Wildman–Crippen MR) is 69.7 cm³/mol. The Hall–Kier alpha value is -1.11. The van der Waals surface area contributed by atoms with E-state index in [2.05, 4.69) is 4.90 Å². The lowest BCUT2D eigenvalue weighted by Crippen LogP contribution is -2.50. The number of morpholine rings is 1. The number of nitrogens with two attached hydrogens (primary N) is 1. The summed E-state index contributed by atoms with van der Waals surface area (Å²) >= 11 is 0. The lowest BCUT2D eigenvalue weighted by Gasteiger charge is -2.43. The molecule has 3 nitrogen and oxygen atoms in total. The molecule has 1 aromatic rings. The summed E-state index contributed by atoms with van der Waals surface area (Å²) in [5.74, 6) is -3.83. The summed E-state index contributed by atoms with van der Waals surface area (Å²) in [5, 5.41) is 0. The number of hydrogen-bond donors (Lipinski definition) is 1. The van der Waals surface area contributed by atoms with Gasteiger partial charge < -0.3 is 10.5 Å². The monoisotopic (exact) mass is 288 g/mol. The highest BCUT2D eigenvalue weighted by Crippen LogP contribution is 2.32. The molecule has 0 aliphatic carbocycles. The molecule has 1 saturated heterocycles. The molecule has 2 rings (SSSR count). The largest absolute Gasteiger partial charge is 0.374 e. The highest BCUT2D eigenvalue weighted by molar-refractivity contribution is 5.24. The zero-order valence-electron chi connectivity index (χ0n) is 11.6. The summed E-state index contributed by atoms with van der Waals surface area (Å²) in [7, 11) is 0. The molecule has 0 aromatic heterocycles. The summed E-state index contributed by atoms with van der Waals surface area (Å²) in [6, 6.07) is 1.83. The van der Waals surface area contributed by atoms with E-state index in [4.69, 9.17) is 10.5 Å². The van der Waals surface area contributed by atoms with Gasteiger partial charge in [-0.1, -0.05) is 0 Å². The molecule has 1 aliphatic rings. The van der Waals surface area contributed by atoms with Crippen molar-refractivity contribution < 1.29 is 17.9 Å². The zero-order valence-corrected chi connectivity index (χ0v) is 11.6. The van der Waals surface area contributed by atoms with Gasteiger partial charge in [0.15, 0.2) is 17.5 Å². The van der Waals surface area contributed by atoms with Crippen molar-refractivity contribution in [3.63, 3.8) is 0 Å². The molecular formula is C14H19F3N2O. The van der Waals surface area contributed by atoms with Crippen LogP contribution in [0.3, 0.4) is 0 Å². The topological polar surface area (TPSA) is 38.5 Å². The van der Waals surface area contributed by atoms with E-state index >= 15 is 0 Å². The molecule has 2 atom stereocenters. The molecule has 1 aromatic carbocycles. The molecule has 112 valence electrons.